The average molecular weight is 454 g/mol. The number of ether oxygens (including phenoxy) is 2. The molecule has 32 heavy (non-hydrogen) atoms. The van der Waals surface area contributed by atoms with Crippen molar-refractivity contribution in [2.24, 2.45) is 7.05 Å². The van der Waals surface area contributed by atoms with Gasteiger partial charge in [-0.15, -0.1) is 0 Å². The number of hydrogen-bond donors (Lipinski definition) is 1. The summed E-state index contributed by atoms with van der Waals surface area (Å²) in [7, 11) is 1.71. The number of anilines is 1. The predicted molar refractivity (Wildman–Crippen MR) is 124 cm³/mol. The Morgan fingerprint density at radius 3 is 2.50 bits per heavy atom. The van der Waals surface area contributed by atoms with Crippen molar-refractivity contribution in [3.63, 3.8) is 0 Å². The minimum atomic E-state index is -1.16. The number of nitrogens with zero attached hydrogens (tertiary/aromatic N) is 2. The molecule has 2 aromatic carbocycles. The van der Waals surface area contributed by atoms with E-state index in [1.54, 1.807) is 56.4 Å². The Hall–Kier alpha value is -3.58. The highest BCUT2D eigenvalue weighted by Crippen LogP contribution is 2.27. The third-order valence-electron chi connectivity index (χ3n) is 4.60. The summed E-state index contributed by atoms with van der Waals surface area (Å²) in [5.74, 6) is -0.657. The lowest BCUT2D eigenvalue weighted by atomic mass is 10.1. The molecule has 1 heterocycles. The lowest BCUT2D eigenvalue weighted by molar-refractivity contribution is -0.149. The molecule has 1 N–H and O–H groups in total. The van der Waals surface area contributed by atoms with Crippen LogP contribution in [0.2, 0.25) is 5.15 Å². The Morgan fingerprint density at radius 1 is 1.16 bits per heavy atom. The Kier molecular flexibility index (Phi) is 7.68. The summed E-state index contributed by atoms with van der Waals surface area (Å²) in [6.07, 6.45) is 1.60. The van der Waals surface area contributed by atoms with Crippen molar-refractivity contribution in [1.29, 1.82) is 0 Å². The van der Waals surface area contributed by atoms with Gasteiger partial charge in [-0.05, 0) is 32.1 Å². The smallest absolute Gasteiger partial charge is 0.331 e. The van der Waals surface area contributed by atoms with E-state index in [1.165, 1.54) is 16.8 Å². The fourth-order valence-electron chi connectivity index (χ4n) is 3.09. The minimum Gasteiger partial charge on any atom is -0.492 e. The predicted octanol–water partition coefficient (Wildman–Crippen LogP) is 4.72. The summed E-state index contributed by atoms with van der Waals surface area (Å²) >= 11 is 6.20. The van der Waals surface area contributed by atoms with Crippen LogP contribution in [0.1, 0.15) is 29.8 Å². The lowest BCUT2D eigenvalue weighted by Crippen LogP contribution is -2.25. The minimum absolute atomic E-state index is 0.399. The number of aryl methyl sites for hydroxylation is 2. The quantitative estimate of drug-likeness (QED) is 0.394. The monoisotopic (exact) mass is 453 g/mol. The molecule has 166 valence electrons. The van der Waals surface area contributed by atoms with Gasteiger partial charge < -0.3 is 14.8 Å². The molecule has 1 unspecified atom stereocenters. The van der Waals surface area contributed by atoms with Gasteiger partial charge in [0.2, 0.25) is 6.10 Å². The van der Waals surface area contributed by atoms with Gasteiger partial charge in [-0.2, -0.15) is 5.10 Å². The van der Waals surface area contributed by atoms with Crippen LogP contribution >= 0.6 is 11.6 Å². The number of hydrogen-bond acceptors (Lipinski definition) is 5. The molecule has 0 aliphatic heterocycles. The number of aromatic nitrogens is 2. The normalized spacial score (nSPS) is 11.9. The van der Waals surface area contributed by atoms with E-state index in [1.807, 2.05) is 19.1 Å². The third-order valence-corrected chi connectivity index (χ3v) is 5.05. The zero-order valence-electron chi connectivity index (χ0n) is 18.0. The molecule has 7 nitrogen and oxygen atoms in total. The van der Waals surface area contributed by atoms with Crippen molar-refractivity contribution >= 4 is 35.2 Å². The number of esters is 1. The SMILES string of the molecule is CCOc1ccccc1NC(=O)C(OC(=O)/C=C/c1c(C)nn(C)c1Cl)c1ccccc1. The lowest BCUT2D eigenvalue weighted by Gasteiger charge is -2.18. The van der Waals surface area contributed by atoms with E-state index in [2.05, 4.69) is 10.4 Å². The summed E-state index contributed by atoms with van der Waals surface area (Å²) < 4.78 is 12.6. The van der Waals surface area contributed by atoms with Crippen LogP contribution in [0.25, 0.3) is 6.08 Å². The second kappa shape index (κ2) is 10.6. The fraction of sp³-hybridized carbons (Fsp3) is 0.208. The summed E-state index contributed by atoms with van der Waals surface area (Å²) in [4.78, 5) is 25.7. The van der Waals surface area contributed by atoms with Gasteiger partial charge >= 0.3 is 5.97 Å². The van der Waals surface area contributed by atoms with Gasteiger partial charge in [0.05, 0.1) is 18.0 Å². The van der Waals surface area contributed by atoms with Crippen LogP contribution in [0.5, 0.6) is 5.75 Å². The average Bonchev–Trinajstić information content (AvgIpc) is 3.03. The van der Waals surface area contributed by atoms with Gasteiger partial charge in [0.15, 0.2) is 0 Å². The molecule has 0 aliphatic carbocycles. The number of nitrogens with one attached hydrogen (secondary N) is 1. The fourth-order valence-corrected chi connectivity index (χ4v) is 3.33. The van der Waals surface area contributed by atoms with Crippen LogP contribution in [0.4, 0.5) is 5.69 Å². The molecule has 0 radical (unpaired) electrons. The van der Waals surface area contributed by atoms with Gasteiger partial charge in [0.25, 0.3) is 5.91 Å². The molecular weight excluding hydrogens is 430 g/mol. The Bertz CT molecular complexity index is 1130. The van der Waals surface area contributed by atoms with Gasteiger partial charge in [-0.1, -0.05) is 54.1 Å². The second-order valence-corrected chi connectivity index (χ2v) is 7.25. The van der Waals surface area contributed by atoms with Crippen molar-refractivity contribution in [2.75, 3.05) is 11.9 Å². The largest absolute Gasteiger partial charge is 0.492 e. The molecule has 1 aromatic heterocycles. The van der Waals surface area contributed by atoms with Gasteiger partial charge in [-0.3, -0.25) is 9.48 Å². The molecule has 0 spiro atoms. The van der Waals surface area contributed by atoms with Crippen molar-refractivity contribution in [3.05, 3.63) is 82.6 Å². The maximum absolute atomic E-state index is 13.1. The number of benzene rings is 2. The molecule has 8 heteroatoms. The van der Waals surface area contributed by atoms with Gasteiger partial charge in [0, 0.05) is 24.3 Å². The summed E-state index contributed by atoms with van der Waals surface area (Å²) in [5.41, 5.74) is 2.31. The first-order valence-electron chi connectivity index (χ1n) is 10.1. The molecule has 0 bridgehead atoms. The molecule has 1 amide bonds. The standard InChI is InChI=1S/C24H24ClN3O4/c1-4-31-20-13-9-8-12-19(20)26-24(30)22(17-10-6-5-7-11-17)32-21(29)15-14-18-16(2)27-28(3)23(18)25/h5-15,22H,4H2,1-3H3,(H,26,30)/b15-14+. The molecule has 3 rings (SSSR count). The van der Waals surface area contributed by atoms with Crippen LogP contribution in [0.15, 0.2) is 60.7 Å². The summed E-state index contributed by atoms with van der Waals surface area (Å²) in [5, 5.41) is 7.40. The summed E-state index contributed by atoms with van der Waals surface area (Å²) in [6.45, 7) is 4.09. The Morgan fingerprint density at radius 2 is 1.84 bits per heavy atom. The van der Waals surface area contributed by atoms with Crippen molar-refractivity contribution in [2.45, 2.75) is 20.0 Å². The van der Waals surface area contributed by atoms with Gasteiger partial charge in [-0.25, -0.2) is 4.79 Å². The van der Waals surface area contributed by atoms with Crippen molar-refractivity contribution in [3.8, 4) is 5.75 Å². The van der Waals surface area contributed by atoms with E-state index >= 15 is 0 Å². The van der Waals surface area contributed by atoms with Crippen LogP contribution in [0.3, 0.4) is 0 Å². The first-order chi connectivity index (χ1) is 15.4. The molecular formula is C24H24ClN3O4. The molecule has 0 fully saturated rings. The first-order valence-corrected chi connectivity index (χ1v) is 10.4. The van der Waals surface area contributed by atoms with E-state index in [4.69, 9.17) is 21.1 Å². The van der Waals surface area contributed by atoms with E-state index < -0.39 is 18.0 Å². The van der Waals surface area contributed by atoms with Gasteiger partial charge in [0.1, 0.15) is 10.9 Å². The van der Waals surface area contributed by atoms with E-state index in [-0.39, 0.29) is 0 Å². The number of carbonyl (C=O) groups is 2. The Balaban J connectivity index is 1.81. The van der Waals surface area contributed by atoms with Crippen LogP contribution in [0, 0.1) is 6.92 Å². The van der Waals surface area contributed by atoms with Crippen molar-refractivity contribution < 1.29 is 19.1 Å². The number of carbonyl (C=O) groups excluding carboxylic acids is 2. The number of halogens is 1. The zero-order chi connectivity index (χ0) is 23.1. The number of amides is 1. The maximum Gasteiger partial charge on any atom is 0.331 e. The molecule has 0 saturated heterocycles. The summed E-state index contributed by atoms with van der Waals surface area (Å²) in [6, 6.07) is 15.9. The van der Waals surface area contributed by atoms with Crippen LogP contribution in [-0.2, 0) is 21.4 Å². The van der Waals surface area contributed by atoms with E-state index in [0.717, 1.165) is 0 Å². The van der Waals surface area contributed by atoms with E-state index in [0.29, 0.717) is 40.0 Å². The third kappa shape index (κ3) is 5.56. The van der Waals surface area contributed by atoms with Crippen LogP contribution in [-0.4, -0.2) is 28.3 Å². The topological polar surface area (TPSA) is 82.4 Å². The molecule has 0 saturated carbocycles. The Labute approximate surface area is 191 Å². The maximum atomic E-state index is 13.1. The molecule has 0 aliphatic rings. The second-order valence-electron chi connectivity index (χ2n) is 6.89. The zero-order valence-corrected chi connectivity index (χ0v) is 18.8. The molecule has 1 atom stereocenters. The molecule has 3 aromatic rings. The number of rotatable bonds is 8. The van der Waals surface area contributed by atoms with Crippen molar-refractivity contribution in [1.82, 2.24) is 9.78 Å². The number of para-hydroxylation sites is 2. The van der Waals surface area contributed by atoms with Crippen LogP contribution < -0.4 is 10.1 Å². The highest BCUT2D eigenvalue weighted by Gasteiger charge is 2.25. The van der Waals surface area contributed by atoms with E-state index in [9.17, 15) is 9.59 Å². The first kappa shape index (κ1) is 23.1. The highest BCUT2D eigenvalue weighted by molar-refractivity contribution is 6.31. The highest BCUT2D eigenvalue weighted by atomic mass is 35.5.